The molecule has 0 spiro atoms. The molecule has 1 aromatic heterocycles. The molecular weight excluding hydrogens is 388 g/mol. The number of allylic oxidation sites excluding steroid dienone is 1. The van der Waals surface area contributed by atoms with E-state index in [4.69, 9.17) is 21.4 Å². The molecule has 0 amide bonds. The Morgan fingerprint density at radius 1 is 1.14 bits per heavy atom. The number of carboxylic acid groups (broad SMARTS) is 1. The largest absolute Gasteiger partial charge is 0.495 e. The smallest absolute Gasteiger partial charge is 0.335 e. The van der Waals surface area contributed by atoms with Crippen LogP contribution in [0.4, 0.5) is 0 Å². The Bertz CT molecular complexity index is 1150. The number of ether oxygens (including phenoxy) is 1. The second-order valence-corrected chi connectivity index (χ2v) is 6.97. The van der Waals surface area contributed by atoms with Gasteiger partial charge in [0.2, 0.25) is 0 Å². The van der Waals surface area contributed by atoms with Crippen LogP contribution in [0, 0.1) is 25.2 Å². The summed E-state index contributed by atoms with van der Waals surface area (Å²) in [6.45, 7) is 3.93. The van der Waals surface area contributed by atoms with Crippen LogP contribution in [0.5, 0.6) is 5.75 Å². The van der Waals surface area contributed by atoms with Crippen molar-refractivity contribution in [2.45, 2.75) is 13.8 Å². The Morgan fingerprint density at radius 3 is 2.38 bits per heavy atom. The number of carbonyl (C=O) groups is 1. The van der Waals surface area contributed by atoms with Crippen LogP contribution < -0.4 is 4.74 Å². The van der Waals surface area contributed by atoms with E-state index in [1.54, 1.807) is 31.4 Å². The summed E-state index contributed by atoms with van der Waals surface area (Å²) in [5, 5.41) is 19.3. The van der Waals surface area contributed by atoms with Crippen molar-refractivity contribution >= 4 is 29.2 Å². The second kappa shape index (κ2) is 8.26. The minimum atomic E-state index is -1.00. The number of methoxy groups -OCH3 is 1. The number of nitriles is 1. The lowest BCUT2D eigenvalue weighted by Crippen LogP contribution is -2.02. The molecule has 1 heterocycles. The van der Waals surface area contributed by atoms with Gasteiger partial charge in [-0.15, -0.1) is 0 Å². The molecule has 5 nitrogen and oxygen atoms in total. The second-order valence-electron chi connectivity index (χ2n) is 6.53. The van der Waals surface area contributed by atoms with Crippen LogP contribution in [0.25, 0.3) is 17.3 Å². The van der Waals surface area contributed by atoms with Gasteiger partial charge in [0.25, 0.3) is 0 Å². The highest BCUT2D eigenvalue weighted by molar-refractivity contribution is 6.30. The summed E-state index contributed by atoms with van der Waals surface area (Å²) >= 11 is 6.19. The van der Waals surface area contributed by atoms with Crippen LogP contribution >= 0.6 is 11.6 Å². The third-order valence-corrected chi connectivity index (χ3v) is 4.95. The van der Waals surface area contributed by atoms with E-state index in [9.17, 15) is 10.1 Å². The molecule has 0 saturated heterocycles. The number of benzene rings is 2. The van der Waals surface area contributed by atoms with Crippen LogP contribution in [-0.4, -0.2) is 22.8 Å². The highest BCUT2D eigenvalue weighted by Crippen LogP contribution is 2.32. The molecule has 0 atom stereocenters. The van der Waals surface area contributed by atoms with Gasteiger partial charge in [-0.25, -0.2) is 4.79 Å². The molecule has 0 fully saturated rings. The lowest BCUT2D eigenvalue weighted by atomic mass is 10.0. The van der Waals surface area contributed by atoms with Crippen LogP contribution in [-0.2, 0) is 0 Å². The Kier molecular flexibility index (Phi) is 5.76. The number of aryl methyl sites for hydroxylation is 1. The Hall–Kier alpha value is -3.49. The third kappa shape index (κ3) is 4.03. The van der Waals surface area contributed by atoms with Crippen LogP contribution in [0.1, 0.15) is 32.9 Å². The van der Waals surface area contributed by atoms with Gasteiger partial charge in [0.1, 0.15) is 5.75 Å². The highest BCUT2D eigenvalue weighted by atomic mass is 35.5. The van der Waals surface area contributed by atoms with Crippen molar-refractivity contribution in [1.82, 2.24) is 4.57 Å². The average Bonchev–Trinajstić information content (AvgIpc) is 2.99. The summed E-state index contributed by atoms with van der Waals surface area (Å²) in [5.74, 6) is -0.311. The summed E-state index contributed by atoms with van der Waals surface area (Å²) in [6.07, 6.45) is 1.80. The van der Waals surface area contributed by atoms with Crippen molar-refractivity contribution in [2.24, 2.45) is 0 Å². The zero-order valence-corrected chi connectivity index (χ0v) is 17.0. The Morgan fingerprint density at radius 2 is 1.79 bits per heavy atom. The molecule has 0 aliphatic heterocycles. The molecule has 0 aliphatic rings. The molecule has 146 valence electrons. The molecule has 3 rings (SSSR count). The lowest BCUT2D eigenvalue weighted by molar-refractivity contribution is 0.0697. The molecular formula is C23H19ClN2O3. The van der Waals surface area contributed by atoms with E-state index < -0.39 is 5.97 Å². The van der Waals surface area contributed by atoms with Gasteiger partial charge in [-0.05, 0) is 67.4 Å². The fraction of sp³-hybridized carbons (Fsp3) is 0.130. The molecule has 0 unspecified atom stereocenters. The molecule has 0 aliphatic carbocycles. The Labute approximate surface area is 174 Å². The van der Waals surface area contributed by atoms with Crippen molar-refractivity contribution in [3.63, 3.8) is 0 Å². The first kappa shape index (κ1) is 20.2. The van der Waals surface area contributed by atoms with Crippen molar-refractivity contribution < 1.29 is 14.6 Å². The predicted molar refractivity (Wildman–Crippen MR) is 114 cm³/mol. The molecule has 0 saturated carbocycles. The first-order valence-corrected chi connectivity index (χ1v) is 9.22. The molecule has 6 heteroatoms. The fourth-order valence-corrected chi connectivity index (χ4v) is 3.44. The summed E-state index contributed by atoms with van der Waals surface area (Å²) in [4.78, 5) is 11.0. The number of hydrogen-bond acceptors (Lipinski definition) is 3. The fourth-order valence-electron chi connectivity index (χ4n) is 3.27. The number of halogens is 1. The summed E-state index contributed by atoms with van der Waals surface area (Å²) in [7, 11) is 1.61. The molecule has 0 bridgehead atoms. The van der Waals surface area contributed by atoms with Gasteiger partial charge in [0.05, 0.1) is 30.0 Å². The van der Waals surface area contributed by atoms with E-state index in [-0.39, 0.29) is 5.56 Å². The third-order valence-electron chi connectivity index (χ3n) is 4.72. The van der Waals surface area contributed by atoms with Gasteiger partial charge >= 0.3 is 5.97 Å². The first-order chi connectivity index (χ1) is 13.8. The number of carboxylic acids is 1. The minimum Gasteiger partial charge on any atom is -0.495 e. The maximum Gasteiger partial charge on any atom is 0.335 e. The monoisotopic (exact) mass is 406 g/mol. The van der Waals surface area contributed by atoms with E-state index >= 15 is 0 Å². The van der Waals surface area contributed by atoms with Gasteiger partial charge in [0, 0.05) is 16.4 Å². The normalized spacial score (nSPS) is 11.2. The van der Waals surface area contributed by atoms with E-state index in [1.165, 1.54) is 12.1 Å². The number of aromatic nitrogens is 1. The molecule has 3 aromatic rings. The van der Waals surface area contributed by atoms with Gasteiger partial charge in [-0.1, -0.05) is 23.7 Å². The van der Waals surface area contributed by atoms with Crippen molar-refractivity contribution in [3.8, 4) is 17.5 Å². The first-order valence-electron chi connectivity index (χ1n) is 8.84. The van der Waals surface area contributed by atoms with E-state index in [0.29, 0.717) is 21.9 Å². The number of nitrogens with zero attached hydrogens (tertiary/aromatic N) is 2. The summed E-state index contributed by atoms with van der Waals surface area (Å²) in [5.41, 5.74) is 4.87. The van der Waals surface area contributed by atoms with Crippen molar-refractivity contribution in [3.05, 3.63) is 81.6 Å². The average molecular weight is 407 g/mol. The van der Waals surface area contributed by atoms with Gasteiger partial charge in [-0.3, -0.25) is 0 Å². The number of rotatable bonds is 5. The zero-order chi connectivity index (χ0) is 21.1. The molecule has 1 N–H and O–H groups in total. The number of aromatic carboxylic acids is 1. The van der Waals surface area contributed by atoms with E-state index in [1.807, 2.05) is 36.6 Å². The van der Waals surface area contributed by atoms with Gasteiger partial charge < -0.3 is 14.4 Å². The van der Waals surface area contributed by atoms with Crippen LogP contribution in [0.15, 0.2) is 48.5 Å². The zero-order valence-electron chi connectivity index (χ0n) is 16.2. The van der Waals surface area contributed by atoms with Crippen molar-refractivity contribution in [1.29, 1.82) is 5.26 Å². The topological polar surface area (TPSA) is 75.2 Å². The maximum absolute atomic E-state index is 11.0. The van der Waals surface area contributed by atoms with E-state index in [0.717, 1.165) is 22.6 Å². The standard InChI is InChI=1S/C23H19ClN2O3/c1-14-10-18(11-19(13-25)16-4-6-17(7-5-16)23(27)28)15(2)26(14)21-12-20(24)8-9-22(21)29-3/h4-12H,1-3H3,(H,27,28)/b19-11-. The minimum absolute atomic E-state index is 0.178. The van der Waals surface area contributed by atoms with E-state index in [2.05, 4.69) is 6.07 Å². The lowest BCUT2D eigenvalue weighted by Gasteiger charge is -2.14. The number of hydrogen-bond donors (Lipinski definition) is 1. The summed E-state index contributed by atoms with van der Waals surface area (Å²) in [6, 6.07) is 15.9. The predicted octanol–water partition coefficient (Wildman–Crippen LogP) is 5.52. The van der Waals surface area contributed by atoms with Crippen LogP contribution in [0.2, 0.25) is 5.02 Å². The SMILES string of the molecule is COc1ccc(Cl)cc1-n1c(C)cc(/C=C(/C#N)c2ccc(C(=O)O)cc2)c1C. The molecule has 2 aromatic carbocycles. The highest BCUT2D eigenvalue weighted by Gasteiger charge is 2.15. The van der Waals surface area contributed by atoms with Gasteiger partial charge in [0.15, 0.2) is 0 Å². The Balaban J connectivity index is 2.09. The molecule has 0 radical (unpaired) electrons. The van der Waals surface area contributed by atoms with Crippen LogP contribution in [0.3, 0.4) is 0 Å². The summed E-state index contributed by atoms with van der Waals surface area (Å²) < 4.78 is 7.51. The van der Waals surface area contributed by atoms with Crippen molar-refractivity contribution in [2.75, 3.05) is 7.11 Å². The maximum atomic E-state index is 11.0. The molecule has 29 heavy (non-hydrogen) atoms. The quantitative estimate of drug-likeness (QED) is 0.566. The van der Waals surface area contributed by atoms with Gasteiger partial charge in [-0.2, -0.15) is 5.26 Å².